The highest BCUT2D eigenvalue weighted by Gasteiger charge is 2.16. The van der Waals surface area contributed by atoms with Gasteiger partial charge in [0.2, 0.25) is 0 Å². The van der Waals surface area contributed by atoms with E-state index in [0.29, 0.717) is 29.9 Å². The summed E-state index contributed by atoms with van der Waals surface area (Å²) < 4.78 is 11.1. The van der Waals surface area contributed by atoms with Crippen LogP contribution in [0.4, 0.5) is 0 Å². The standard InChI is InChI=1S/C16H24ClN3O2.HI/c1-11(2)10-20-16(18-3)19-5-4-12-8-13(17)15-14(9-12)21-6-7-22-15;/h8-9,11H,4-7,10H2,1-3H3,(H2,18,19,20);1H. The van der Waals surface area contributed by atoms with Crippen molar-refractivity contribution in [2.75, 3.05) is 33.4 Å². The van der Waals surface area contributed by atoms with Gasteiger partial charge in [-0.25, -0.2) is 0 Å². The average Bonchev–Trinajstić information content (AvgIpc) is 2.50. The molecule has 23 heavy (non-hydrogen) atoms. The summed E-state index contributed by atoms with van der Waals surface area (Å²) >= 11 is 6.24. The Bertz CT molecular complexity index is 538. The van der Waals surface area contributed by atoms with Crippen LogP contribution in [0, 0.1) is 5.92 Å². The molecule has 0 spiro atoms. The number of hydrogen-bond acceptors (Lipinski definition) is 3. The zero-order valence-electron chi connectivity index (χ0n) is 13.8. The van der Waals surface area contributed by atoms with Crippen molar-refractivity contribution in [1.82, 2.24) is 10.6 Å². The molecule has 7 heteroatoms. The Morgan fingerprint density at radius 1 is 1.26 bits per heavy atom. The minimum Gasteiger partial charge on any atom is -0.486 e. The lowest BCUT2D eigenvalue weighted by Crippen LogP contribution is -2.39. The molecule has 1 aliphatic heterocycles. The second-order valence-electron chi connectivity index (χ2n) is 5.63. The van der Waals surface area contributed by atoms with Crippen LogP contribution < -0.4 is 20.1 Å². The van der Waals surface area contributed by atoms with Gasteiger partial charge in [0, 0.05) is 20.1 Å². The van der Waals surface area contributed by atoms with Gasteiger partial charge in [-0.2, -0.15) is 0 Å². The number of guanidine groups is 1. The Morgan fingerprint density at radius 3 is 2.70 bits per heavy atom. The van der Waals surface area contributed by atoms with E-state index >= 15 is 0 Å². The molecule has 0 atom stereocenters. The summed E-state index contributed by atoms with van der Waals surface area (Å²) in [4.78, 5) is 4.20. The van der Waals surface area contributed by atoms with E-state index in [4.69, 9.17) is 21.1 Å². The van der Waals surface area contributed by atoms with Crippen LogP contribution in [0.15, 0.2) is 17.1 Å². The topological polar surface area (TPSA) is 54.9 Å². The minimum atomic E-state index is 0. The van der Waals surface area contributed by atoms with Gasteiger partial charge in [0.1, 0.15) is 13.2 Å². The number of benzene rings is 1. The van der Waals surface area contributed by atoms with Gasteiger partial charge >= 0.3 is 0 Å². The van der Waals surface area contributed by atoms with Crippen LogP contribution >= 0.6 is 35.6 Å². The van der Waals surface area contributed by atoms with E-state index in [1.54, 1.807) is 7.05 Å². The molecule has 1 aliphatic rings. The molecule has 1 heterocycles. The maximum absolute atomic E-state index is 6.24. The second-order valence-corrected chi connectivity index (χ2v) is 6.03. The van der Waals surface area contributed by atoms with Gasteiger partial charge in [0.15, 0.2) is 17.5 Å². The van der Waals surface area contributed by atoms with Crippen molar-refractivity contribution in [3.8, 4) is 11.5 Å². The molecule has 130 valence electrons. The SMILES string of the molecule is CN=C(NCCc1cc(Cl)c2c(c1)OCCO2)NCC(C)C.I. The molecule has 1 aromatic rings. The smallest absolute Gasteiger partial charge is 0.190 e. The molecule has 0 aliphatic carbocycles. The first-order valence-corrected chi connectivity index (χ1v) is 8.00. The number of nitrogens with one attached hydrogen (secondary N) is 2. The number of ether oxygens (including phenoxy) is 2. The monoisotopic (exact) mass is 453 g/mol. The van der Waals surface area contributed by atoms with E-state index in [9.17, 15) is 0 Å². The predicted octanol–water partition coefficient (Wildman–Crippen LogP) is 3.09. The average molecular weight is 454 g/mol. The molecule has 0 unspecified atom stereocenters. The molecule has 0 saturated heterocycles. The zero-order chi connectivity index (χ0) is 15.9. The summed E-state index contributed by atoms with van der Waals surface area (Å²) in [7, 11) is 1.77. The summed E-state index contributed by atoms with van der Waals surface area (Å²) in [5.41, 5.74) is 1.11. The van der Waals surface area contributed by atoms with Gasteiger partial charge in [-0.15, -0.1) is 24.0 Å². The number of fused-ring (bicyclic) bond motifs is 1. The summed E-state index contributed by atoms with van der Waals surface area (Å²) in [6.45, 7) is 7.11. The number of hydrogen-bond donors (Lipinski definition) is 2. The third-order valence-corrected chi connectivity index (χ3v) is 3.54. The van der Waals surface area contributed by atoms with Gasteiger partial charge in [0.25, 0.3) is 0 Å². The fraction of sp³-hybridized carbons (Fsp3) is 0.562. The fourth-order valence-corrected chi connectivity index (χ4v) is 2.44. The van der Waals surface area contributed by atoms with E-state index in [0.717, 1.165) is 36.8 Å². The number of halogens is 2. The molecule has 2 rings (SSSR count). The molecular weight excluding hydrogens is 429 g/mol. The van der Waals surface area contributed by atoms with E-state index < -0.39 is 0 Å². The van der Waals surface area contributed by atoms with E-state index in [-0.39, 0.29) is 24.0 Å². The van der Waals surface area contributed by atoms with Gasteiger partial charge in [-0.3, -0.25) is 4.99 Å². The van der Waals surface area contributed by atoms with Crippen molar-refractivity contribution in [2.24, 2.45) is 10.9 Å². The first-order chi connectivity index (χ1) is 10.6. The van der Waals surface area contributed by atoms with Crippen molar-refractivity contribution in [1.29, 1.82) is 0 Å². The third kappa shape index (κ3) is 6.25. The third-order valence-electron chi connectivity index (χ3n) is 3.26. The molecule has 1 aromatic carbocycles. The van der Waals surface area contributed by atoms with Crippen LogP contribution in [0.3, 0.4) is 0 Å². The number of rotatable bonds is 5. The van der Waals surface area contributed by atoms with Crippen LogP contribution in [-0.4, -0.2) is 39.3 Å². The molecular formula is C16H25ClIN3O2. The molecule has 2 N–H and O–H groups in total. The molecule has 0 radical (unpaired) electrons. The summed E-state index contributed by atoms with van der Waals surface area (Å²) in [5.74, 6) is 2.78. The molecule has 0 saturated carbocycles. The largest absolute Gasteiger partial charge is 0.486 e. The molecule has 0 aromatic heterocycles. The van der Waals surface area contributed by atoms with Crippen molar-refractivity contribution >= 4 is 41.5 Å². The first-order valence-electron chi connectivity index (χ1n) is 7.62. The summed E-state index contributed by atoms with van der Waals surface area (Å²) in [5, 5.41) is 7.19. The highest BCUT2D eigenvalue weighted by Crippen LogP contribution is 2.38. The summed E-state index contributed by atoms with van der Waals surface area (Å²) in [6, 6.07) is 3.92. The molecule has 0 amide bonds. The van der Waals surface area contributed by atoms with E-state index in [1.807, 2.05) is 12.1 Å². The van der Waals surface area contributed by atoms with Crippen LogP contribution in [0.1, 0.15) is 19.4 Å². The van der Waals surface area contributed by atoms with E-state index in [1.165, 1.54) is 0 Å². The Kier molecular flexibility index (Phi) is 8.83. The van der Waals surface area contributed by atoms with Gasteiger partial charge in [-0.1, -0.05) is 25.4 Å². The Labute approximate surface area is 160 Å². The lowest BCUT2D eigenvalue weighted by molar-refractivity contribution is 0.171. The maximum atomic E-state index is 6.24. The van der Waals surface area contributed by atoms with Gasteiger partial charge in [0.05, 0.1) is 5.02 Å². The summed E-state index contributed by atoms with van der Waals surface area (Å²) in [6.07, 6.45) is 0.832. The van der Waals surface area contributed by atoms with Crippen molar-refractivity contribution in [3.63, 3.8) is 0 Å². The maximum Gasteiger partial charge on any atom is 0.190 e. The van der Waals surface area contributed by atoms with Gasteiger partial charge in [-0.05, 0) is 30.0 Å². The number of nitrogens with zero attached hydrogens (tertiary/aromatic N) is 1. The minimum absolute atomic E-state index is 0. The predicted molar refractivity (Wildman–Crippen MR) is 106 cm³/mol. The lowest BCUT2D eigenvalue weighted by atomic mass is 10.1. The van der Waals surface area contributed by atoms with Crippen LogP contribution in [-0.2, 0) is 6.42 Å². The first kappa shape index (κ1) is 20.2. The van der Waals surface area contributed by atoms with E-state index in [2.05, 4.69) is 29.5 Å². The van der Waals surface area contributed by atoms with Gasteiger partial charge < -0.3 is 20.1 Å². The molecule has 5 nitrogen and oxygen atoms in total. The van der Waals surface area contributed by atoms with Crippen LogP contribution in [0.25, 0.3) is 0 Å². The van der Waals surface area contributed by atoms with Crippen LogP contribution in [0.2, 0.25) is 5.02 Å². The highest BCUT2D eigenvalue weighted by atomic mass is 127. The fourth-order valence-electron chi connectivity index (χ4n) is 2.16. The Morgan fingerprint density at radius 2 is 2.00 bits per heavy atom. The Balaban J connectivity index is 0.00000264. The Hall–Kier alpha value is -0.890. The zero-order valence-corrected chi connectivity index (χ0v) is 16.9. The highest BCUT2D eigenvalue weighted by molar-refractivity contribution is 14.0. The van der Waals surface area contributed by atoms with Crippen molar-refractivity contribution in [3.05, 3.63) is 22.7 Å². The normalized spacial score (nSPS) is 13.5. The number of aliphatic imine (C=N–C) groups is 1. The van der Waals surface area contributed by atoms with Crippen molar-refractivity contribution < 1.29 is 9.47 Å². The quantitative estimate of drug-likeness (QED) is 0.409. The molecule has 0 bridgehead atoms. The van der Waals surface area contributed by atoms with Crippen molar-refractivity contribution in [2.45, 2.75) is 20.3 Å². The lowest BCUT2D eigenvalue weighted by Gasteiger charge is -2.20. The van der Waals surface area contributed by atoms with Crippen LogP contribution in [0.5, 0.6) is 11.5 Å². The second kappa shape index (κ2) is 10.1. The molecule has 0 fully saturated rings.